The lowest BCUT2D eigenvalue weighted by Crippen LogP contribution is -2.38. The smallest absolute Gasteiger partial charge is 0.338 e. The summed E-state index contributed by atoms with van der Waals surface area (Å²) < 4.78 is 47.6. The molecule has 19 nitrogen and oxygen atoms in total. The minimum atomic E-state index is -3.42. The van der Waals surface area contributed by atoms with Crippen molar-refractivity contribution in [3.63, 3.8) is 0 Å². The first-order valence-corrected chi connectivity index (χ1v) is 44.7. The molecule has 2 saturated carbocycles. The number of Topliss-reactive ketones (excluding diaryl/α,β-unsaturated/α-hetero) is 2. The second kappa shape index (κ2) is 44.5. The van der Waals surface area contributed by atoms with Crippen molar-refractivity contribution in [3.8, 4) is 0 Å². The molecule has 7 aromatic rings. The third-order valence-corrected chi connectivity index (χ3v) is 25.7. The van der Waals surface area contributed by atoms with Crippen LogP contribution < -0.4 is 10.3 Å². The van der Waals surface area contributed by atoms with Crippen molar-refractivity contribution < 1.29 is 55.8 Å². The van der Waals surface area contributed by atoms with Crippen LogP contribution in [0.5, 0.6) is 0 Å². The number of fused-ring (bicyclic) bond motifs is 2. The first-order chi connectivity index (χ1) is 57.2. The number of aliphatic imine (C=N–C) groups is 2. The Kier molecular flexibility index (Phi) is 34.0. The Labute approximate surface area is 709 Å². The number of aliphatic hydroxyl groups excluding tert-OH is 1. The van der Waals surface area contributed by atoms with E-state index >= 15 is 0 Å². The molecule has 2 aromatic heterocycles. The number of rotatable bonds is 19. The first kappa shape index (κ1) is 90.8. The number of aliphatic hydroxyl groups is 1. The van der Waals surface area contributed by atoms with Gasteiger partial charge < -0.3 is 24.1 Å². The fourth-order valence-corrected chi connectivity index (χ4v) is 18.0. The molecule has 4 aliphatic carbocycles. The lowest BCUT2D eigenvalue weighted by Gasteiger charge is -2.30. The lowest BCUT2D eigenvalue weighted by molar-refractivity contribution is -0.136. The Morgan fingerprint density at radius 3 is 2.16 bits per heavy atom. The molecule has 628 valence electrons. The van der Waals surface area contributed by atoms with Gasteiger partial charge in [0.2, 0.25) is 5.91 Å². The van der Waals surface area contributed by atoms with Gasteiger partial charge in [0.05, 0.1) is 51.7 Å². The average molecular weight is 1670 g/mol. The fourth-order valence-electron chi connectivity index (χ4n) is 15.4. The van der Waals surface area contributed by atoms with Crippen LogP contribution in [0.1, 0.15) is 191 Å². The molecule has 2 unspecified atom stereocenters. The van der Waals surface area contributed by atoms with Crippen molar-refractivity contribution in [2.24, 2.45) is 43.4 Å². The van der Waals surface area contributed by atoms with Crippen molar-refractivity contribution in [3.05, 3.63) is 265 Å². The van der Waals surface area contributed by atoms with Crippen molar-refractivity contribution in [2.75, 3.05) is 37.9 Å². The van der Waals surface area contributed by atoms with Gasteiger partial charge in [-0.05, 0) is 170 Å². The van der Waals surface area contributed by atoms with Crippen LogP contribution in [-0.2, 0) is 70.9 Å². The standard InChI is InChI=1S/C20H21NO5S.C17H16FN3OS.C17H21NO2.C15H16N2.C14H21NO2.C13H18OS/c1-2-27(24,25)17-10-5-8-16(13-17)20(23)26-14-19(22)21-12-6-9-15-7-3-4-11-18(15)21;1-10-3-8-15(21-20-10)17(22)19-16-9-14(11(2)23-16)12-4-6-13(18)7-5-12;1-17(2)10-14(19)16(15(20)11-17)13(18-3)9-12-7-5-4-6-8-12;1-12-6-8-13(9-7-12)11-17-15-5-3-2-4-14(15)10-16-17;1-11-8-9-13(17-11)10-15(2)14(16)12-6-4-3-5-7-12;14-13(11-5-2-1-3-6-11)9-8-12-7-4-10-15-12/h3-5,7-8,10-11,13H,2,6,9,12,14H2,1H3;4-7,20H,1,3,8-9H2,2H3;4-8,19H,9-11H2,1-3H3;2-10,14-15H,11H2,1H3;8-9,12H,3-7,10H2,1-2H3;4,7,10-11H,1-3,5-6,8-9H2. The molecule has 2 fully saturated rings. The third kappa shape index (κ3) is 27.3. The molecule has 0 spiro atoms. The number of carbonyl (C=O) groups excluding carboxylic acids is 6. The monoisotopic (exact) mass is 1670 g/mol. The van der Waals surface area contributed by atoms with Gasteiger partial charge in [0.15, 0.2) is 22.2 Å². The molecule has 15 rings (SSSR count). The second-order valence-corrected chi connectivity index (χ2v) is 36.5. The zero-order valence-electron chi connectivity index (χ0n) is 69.9. The minimum absolute atomic E-state index is 0.00437. The molecule has 2 atom stereocenters. The number of benzene rings is 5. The van der Waals surface area contributed by atoms with Crippen LogP contribution in [-0.4, -0.2) is 120 Å². The molecule has 23 heteroatoms. The molecular weight excluding hydrogens is 1560 g/mol. The molecule has 5 aromatic carbocycles. The molecule has 3 amide bonds. The lowest BCUT2D eigenvalue weighted by atomic mass is 9.75. The molecular formula is C96H113FN8O11S3. The van der Waals surface area contributed by atoms with Crippen LogP contribution in [0, 0.1) is 42.8 Å². The number of allylic oxidation sites excluding steroid dienone is 7. The molecule has 4 aliphatic heterocycles. The van der Waals surface area contributed by atoms with E-state index in [1.54, 1.807) is 40.3 Å². The Morgan fingerprint density at radius 1 is 0.790 bits per heavy atom. The number of sulfone groups is 1. The number of ether oxygens (including phenoxy) is 1. The predicted molar refractivity (Wildman–Crippen MR) is 477 cm³/mol. The normalized spacial score (nSPS) is 18.5. The van der Waals surface area contributed by atoms with Crippen molar-refractivity contribution in [1.29, 1.82) is 0 Å². The van der Waals surface area contributed by atoms with Crippen LogP contribution in [0.2, 0.25) is 0 Å². The van der Waals surface area contributed by atoms with Gasteiger partial charge in [-0.3, -0.25) is 39.4 Å². The summed E-state index contributed by atoms with van der Waals surface area (Å²) in [5.41, 5.74) is 12.7. The summed E-state index contributed by atoms with van der Waals surface area (Å²) >= 11 is 3.25. The number of esters is 1. The molecule has 0 saturated heterocycles. The number of anilines is 1. The van der Waals surface area contributed by atoms with Crippen LogP contribution >= 0.6 is 23.1 Å². The Hall–Kier alpha value is -10.5. The van der Waals surface area contributed by atoms with Crippen molar-refractivity contribution in [2.45, 2.75) is 194 Å². The Morgan fingerprint density at radius 2 is 1.50 bits per heavy atom. The van der Waals surface area contributed by atoms with E-state index in [4.69, 9.17) is 9.15 Å². The van der Waals surface area contributed by atoms with Gasteiger partial charge in [-0.2, -0.15) is 10.2 Å². The SMILES string of the molecule is C=C1CCC(C(=O)N=C2CC(c3ccc(F)cc3)=C(C)S2)=NN1.CCS(=O)(=O)c1cccc(C(=O)OCC(=O)N2CCCc3ccccc32)c1.CN=C(Cc1ccccc1)C1=C(O)CC(C)(C)CC1=O.Cc1ccc(CN(C)C(=O)C2CCCCC2)o1.Cc1ccc(CN2N=CC3C=CC=CC32)cc1.O=C(CCc1cccs1)C1CCCCC1. The fraction of sp³-hybridized carbons (Fsp3) is 0.396. The highest BCUT2D eigenvalue weighted by Gasteiger charge is 2.36. The first-order valence-electron chi connectivity index (χ1n) is 41.4. The number of furan rings is 1. The molecule has 6 heterocycles. The number of hydrogen-bond donors (Lipinski definition) is 2. The Balaban J connectivity index is 0.000000152. The quantitative estimate of drug-likeness (QED) is 0.0564. The number of carbonyl (C=O) groups is 6. The maximum absolute atomic E-state index is 13.0. The summed E-state index contributed by atoms with van der Waals surface area (Å²) in [7, 11) is 0.123. The summed E-state index contributed by atoms with van der Waals surface area (Å²) in [4.78, 5) is 87.7. The predicted octanol–water partition coefficient (Wildman–Crippen LogP) is 19.9. The number of halogens is 1. The molecule has 119 heavy (non-hydrogen) atoms. The van der Waals surface area contributed by atoms with E-state index in [2.05, 4.69) is 110 Å². The number of hydrogen-bond acceptors (Lipinski definition) is 18. The van der Waals surface area contributed by atoms with Crippen LogP contribution in [0.15, 0.2) is 239 Å². The average Bonchev–Trinajstić information content (AvgIpc) is 1.70. The summed E-state index contributed by atoms with van der Waals surface area (Å²) in [6.45, 7) is 17.0. The van der Waals surface area contributed by atoms with Crippen LogP contribution in [0.25, 0.3) is 5.57 Å². The van der Waals surface area contributed by atoms with Gasteiger partial charge in [0.1, 0.15) is 34.6 Å². The molecule has 0 radical (unpaired) electrons. The van der Waals surface area contributed by atoms with E-state index < -0.39 is 22.4 Å². The van der Waals surface area contributed by atoms with Gasteiger partial charge in [-0.1, -0.05) is 205 Å². The second-order valence-electron chi connectivity index (χ2n) is 31.9. The number of thiophene rings is 1. The number of para-hydroxylation sites is 1. The van der Waals surface area contributed by atoms with Crippen LogP contribution in [0.3, 0.4) is 0 Å². The van der Waals surface area contributed by atoms with E-state index in [1.807, 2.05) is 108 Å². The number of aryl methyl sites for hydroxylation is 4. The van der Waals surface area contributed by atoms with E-state index in [0.29, 0.717) is 92.3 Å². The van der Waals surface area contributed by atoms with Gasteiger partial charge >= 0.3 is 5.97 Å². The van der Waals surface area contributed by atoms with Crippen molar-refractivity contribution >= 4 is 102 Å². The Bertz CT molecular complexity index is 5050. The van der Waals surface area contributed by atoms with Crippen LogP contribution in [0.4, 0.5) is 10.1 Å². The van der Waals surface area contributed by atoms with E-state index in [9.17, 15) is 46.7 Å². The van der Waals surface area contributed by atoms with E-state index in [1.165, 1.54) is 110 Å². The topological polar surface area (TPSA) is 250 Å². The zero-order chi connectivity index (χ0) is 85.0. The minimum Gasteiger partial charge on any atom is -0.511 e. The summed E-state index contributed by atoms with van der Waals surface area (Å²) in [6, 6.07) is 46.8. The number of thioether (sulfide) groups is 1. The highest BCUT2D eigenvalue weighted by atomic mass is 32.2. The highest BCUT2D eigenvalue weighted by molar-refractivity contribution is 8.17. The van der Waals surface area contributed by atoms with Gasteiger partial charge in [0, 0.05) is 99.4 Å². The maximum Gasteiger partial charge on any atom is 0.338 e. The number of nitrogens with zero attached hydrogens (tertiary/aromatic N) is 7. The molecule has 8 aliphatic rings. The number of amides is 3. The van der Waals surface area contributed by atoms with E-state index in [-0.39, 0.29) is 62.6 Å². The number of nitrogens with one attached hydrogen (secondary N) is 1. The molecule has 0 bridgehead atoms. The largest absolute Gasteiger partial charge is 0.511 e. The van der Waals surface area contributed by atoms with E-state index in [0.717, 1.165) is 113 Å². The van der Waals surface area contributed by atoms with Gasteiger partial charge in [0.25, 0.3) is 11.8 Å². The maximum atomic E-state index is 13.0. The van der Waals surface area contributed by atoms with Gasteiger partial charge in [-0.15, -0.1) is 11.3 Å². The van der Waals surface area contributed by atoms with Crippen molar-refractivity contribution in [1.82, 2.24) is 15.3 Å². The summed E-state index contributed by atoms with van der Waals surface area (Å²) in [5.74, 6) is 2.17. The number of hydrazone groups is 2. The highest BCUT2D eigenvalue weighted by Crippen LogP contribution is 2.41. The molecule has 2 N–H and O–H groups in total. The zero-order valence-corrected chi connectivity index (χ0v) is 72.3. The van der Waals surface area contributed by atoms with Gasteiger partial charge in [-0.25, -0.2) is 22.6 Å². The third-order valence-electron chi connectivity index (χ3n) is 22.0. The summed E-state index contributed by atoms with van der Waals surface area (Å²) in [6.07, 6.45) is 29.5. The number of ketones is 2. The summed E-state index contributed by atoms with van der Waals surface area (Å²) in [5, 5.41) is 23.7.